The third-order valence-electron chi connectivity index (χ3n) is 6.99. The Morgan fingerprint density at radius 3 is 1.37 bits per heavy atom. The van der Waals surface area contributed by atoms with E-state index in [1.54, 1.807) is 0 Å². The second-order valence-electron chi connectivity index (χ2n) is 10.6. The third-order valence-corrected chi connectivity index (χ3v) is 6.99. The van der Waals surface area contributed by atoms with Crippen molar-refractivity contribution in [1.82, 2.24) is 19.6 Å². The molecule has 0 spiro atoms. The van der Waals surface area contributed by atoms with Gasteiger partial charge in [-0.3, -0.25) is 19.4 Å². The fraction of sp³-hybridized carbons (Fsp3) is 0.917. The number of nitrogens with zero attached hydrogens (tertiary/aromatic N) is 4. The Bertz CT molecular complexity index is 516. The summed E-state index contributed by atoms with van der Waals surface area (Å²) in [5.74, 6) is 2.05. The van der Waals surface area contributed by atoms with Crippen molar-refractivity contribution in [3.63, 3.8) is 0 Å². The molecule has 2 saturated heterocycles. The minimum Gasteiger partial charge on any atom is -0.340 e. The standard InChI is InChI=1S/C24H44N4O2/c1-19(2)17-25-8-12-27(13-9-25)23(29)21-6-5-7-22(16-21)24(30)28-14-10-26(11-15-28)18-20(3)4/h19-22H,5-18H2,1-4H3. The van der Waals surface area contributed by atoms with Gasteiger partial charge in [-0.1, -0.05) is 34.1 Å². The van der Waals surface area contributed by atoms with Crippen LogP contribution in [0.2, 0.25) is 0 Å². The van der Waals surface area contributed by atoms with E-state index in [-0.39, 0.29) is 11.8 Å². The molecule has 0 radical (unpaired) electrons. The molecule has 1 aliphatic carbocycles. The van der Waals surface area contributed by atoms with Crippen LogP contribution in [0.1, 0.15) is 53.4 Å². The Kier molecular flexibility index (Phi) is 8.58. The zero-order valence-electron chi connectivity index (χ0n) is 19.8. The molecule has 172 valence electrons. The number of carbonyl (C=O) groups is 2. The van der Waals surface area contributed by atoms with E-state index in [1.165, 1.54) is 0 Å². The number of hydrogen-bond acceptors (Lipinski definition) is 4. The second kappa shape index (κ2) is 10.9. The largest absolute Gasteiger partial charge is 0.340 e. The SMILES string of the molecule is CC(C)CN1CCN(C(=O)C2CCCC(C(=O)N3CCN(CC(C)C)CC3)C2)CC1. The Balaban J connectivity index is 1.46. The zero-order valence-corrected chi connectivity index (χ0v) is 19.8. The molecule has 2 atom stereocenters. The molecule has 3 rings (SSSR count). The molecular formula is C24H44N4O2. The van der Waals surface area contributed by atoms with Crippen molar-refractivity contribution in [3.05, 3.63) is 0 Å². The van der Waals surface area contributed by atoms with Gasteiger partial charge < -0.3 is 9.80 Å². The van der Waals surface area contributed by atoms with Gasteiger partial charge in [0.25, 0.3) is 0 Å². The molecule has 3 aliphatic rings. The molecule has 2 amide bonds. The van der Waals surface area contributed by atoms with Crippen LogP contribution in [0.5, 0.6) is 0 Å². The van der Waals surface area contributed by atoms with Crippen molar-refractivity contribution < 1.29 is 9.59 Å². The highest BCUT2D eigenvalue weighted by Gasteiger charge is 2.36. The van der Waals surface area contributed by atoms with Crippen LogP contribution < -0.4 is 0 Å². The molecule has 0 N–H and O–H groups in total. The molecule has 30 heavy (non-hydrogen) atoms. The molecule has 2 heterocycles. The number of rotatable bonds is 6. The quantitative estimate of drug-likeness (QED) is 0.662. The summed E-state index contributed by atoms with van der Waals surface area (Å²) in [6.45, 7) is 18.6. The van der Waals surface area contributed by atoms with E-state index in [4.69, 9.17) is 0 Å². The van der Waals surface area contributed by atoms with Gasteiger partial charge in [0.1, 0.15) is 0 Å². The van der Waals surface area contributed by atoms with E-state index in [2.05, 4.69) is 47.3 Å². The van der Waals surface area contributed by atoms with Gasteiger partial charge in [0.15, 0.2) is 0 Å². The van der Waals surface area contributed by atoms with Crippen LogP contribution in [0.4, 0.5) is 0 Å². The normalized spacial score (nSPS) is 27.1. The highest BCUT2D eigenvalue weighted by Crippen LogP contribution is 2.32. The Morgan fingerprint density at radius 1 is 0.667 bits per heavy atom. The summed E-state index contributed by atoms with van der Waals surface area (Å²) in [4.78, 5) is 35.4. The summed E-state index contributed by atoms with van der Waals surface area (Å²) >= 11 is 0. The molecule has 2 unspecified atom stereocenters. The van der Waals surface area contributed by atoms with Crippen molar-refractivity contribution in [2.75, 3.05) is 65.4 Å². The average Bonchev–Trinajstić information content (AvgIpc) is 2.73. The smallest absolute Gasteiger partial charge is 0.225 e. The van der Waals surface area contributed by atoms with E-state index >= 15 is 0 Å². The van der Waals surface area contributed by atoms with Crippen molar-refractivity contribution in [3.8, 4) is 0 Å². The fourth-order valence-electron chi connectivity index (χ4n) is 5.49. The lowest BCUT2D eigenvalue weighted by Gasteiger charge is -2.40. The summed E-state index contributed by atoms with van der Waals surface area (Å²) in [5, 5.41) is 0. The highest BCUT2D eigenvalue weighted by atomic mass is 16.2. The molecule has 6 heteroatoms. The monoisotopic (exact) mass is 420 g/mol. The molecular weight excluding hydrogens is 376 g/mol. The van der Waals surface area contributed by atoms with Crippen molar-refractivity contribution >= 4 is 11.8 Å². The van der Waals surface area contributed by atoms with E-state index < -0.39 is 0 Å². The maximum absolute atomic E-state index is 13.1. The van der Waals surface area contributed by atoms with Gasteiger partial charge in [0.05, 0.1) is 0 Å². The maximum atomic E-state index is 13.1. The second-order valence-corrected chi connectivity index (χ2v) is 10.6. The van der Waals surface area contributed by atoms with Crippen LogP contribution in [-0.4, -0.2) is 96.9 Å². The lowest BCUT2D eigenvalue weighted by molar-refractivity contribution is -0.143. The van der Waals surface area contributed by atoms with Crippen LogP contribution in [0.15, 0.2) is 0 Å². The number of hydrogen-bond donors (Lipinski definition) is 0. The van der Waals surface area contributed by atoms with Crippen LogP contribution in [0.25, 0.3) is 0 Å². The minimum absolute atomic E-state index is 0.0478. The van der Waals surface area contributed by atoms with E-state index in [9.17, 15) is 9.59 Å². The molecule has 0 bridgehead atoms. The average molecular weight is 421 g/mol. The predicted molar refractivity (Wildman–Crippen MR) is 121 cm³/mol. The highest BCUT2D eigenvalue weighted by molar-refractivity contribution is 5.82. The Morgan fingerprint density at radius 2 is 1.03 bits per heavy atom. The first-order valence-corrected chi connectivity index (χ1v) is 12.4. The zero-order chi connectivity index (χ0) is 21.7. The van der Waals surface area contributed by atoms with Gasteiger partial charge >= 0.3 is 0 Å². The number of piperazine rings is 2. The first-order chi connectivity index (χ1) is 14.3. The first-order valence-electron chi connectivity index (χ1n) is 12.4. The molecule has 2 aliphatic heterocycles. The summed E-state index contributed by atoms with van der Waals surface area (Å²) in [7, 11) is 0. The van der Waals surface area contributed by atoms with E-state index in [0.717, 1.165) is 91.1 Å². The van der Waals surface area contributed by atoms with Gasteiger partial charge in [0, 0.05) is 77.3 Å². The molecule has 6 nitrogen and oxygen atoms in total. The lowest BCUT2D eigenvalue weighted by atomic mass is 9.79. The summed E-state index contributed by atoms with van der Waals surface area (Å²) < 4.78 is 0. The summed E-state index contributed by atoms with van der Waals surface area (Å²) in [5.41, 5.74) is 0. The van der Waals surface area contributed by atoms with Crippen LogP contribution in [-0.2, 0) is 9.59 Å². The maximum Gasteiger partial charge on any atom is 0.225 e. The number of amides is 2. The predicted octanol–water partition coefficient (Wildman–Crippen LogP) is 2.39. The van der Waals surface area contributed by atoms with Gasteiger partial charge in [-0.2, -0.15) is 0 Å². The molecule has 0 aromatic heterocycles. The van der Waals surface area contributed by atoms with Crippen LogP contribution >= 0.6 is 0 Å². The number of carbonyl (C=O) groups excluding carboxylic acids is 2. The molecule has 0 aromatic carbocycles. The topological polar surface area (TPSA) is 47.1 Å². The van der Waals surface area contributed by atoms with Crippen LogP contribution in [0, 0.1) is 23.7 Å². The van der Waals surface area contributed by atoms with Crippen molar-refractivity contribution in [2.24, 2.45) is 23.7 Å². The van der Waals surface area contributed by atoms with E-state index in [1.807, 2.05) is 0 Å². The van der Waals surface area contributed by atoms with E-state index in [0.29, 0.717) is 23.7 Å². The van der Waals surface area contributed by atoms with Crippen LogP contribution in [0.3, 0.4) is 0 Å². The van der Waals surface area contributed by atoms with Gasteiger partial charge in [-0.15, -0.1) is 0 Å². The summed E-state index contributed by atoms with van der Waals surface area (Å²) in [6, 6.07) is 0. The van der Waals surface area contributed by atoms with Crippen molar-refractivity contribution in [1.29, 1.82) is 0 Å². The molecule has 3 fully saturated rings. The van der Waals surface area contributed by atoms with Gasteiger partial charge in [-0.25, -0.2) is 0 Å². The summed E-state index contributed by atoms with van der Waals surface area (Å²) in [6.07, 6.45) is 3.68. The lowest BCUT2D eigenvalue weighted by Crippen LogP contribution is -2.53. The van der Waals surface area contributed by atoms with Crippen molar-refractivity contribution in [2.45, 2.75) is 53.4 Å². The Hall–Kier alpha value is -1.14. The Labute approximate surface area is 183 Å². The fourth-order valence-corrected chi connectivity index (χ4v) is 5.49. The minimum atomic E-state index is 0.0478. The first kappa shape index (κ1) is 23.5. The molecule has 0 aromatic rings. The van der Waals surface area contributed by atoms with Gasteiger partial charge in [-0.05, 0) is 31.1 Å². The van der Waals surface area contributed by atoms with Gasteiger partial charge in [0.2, 0.25) is 11.8 Å². The molecule has 1 saturated carbocycles. The third kappa shape index (κ3) is 6.43.